The largest absolute Gasteiger partial charge is 0.384 e. The van der Waals surface area contributed by atoms with Crippen molar-refractivity contribution in [3.63, 3.8) is 0 Å². The van der Waals surface area contributed by atoms with Crippen LogP contribution in [0.2, 0.25) is 0 Å². The molecule has 0 aromatic carbocycles. The maximum Gasteiger partial charge on any atom is 0.280 e. The first-order valence-corrected chi connectivity index (χ1v) is 8.22. The minimum Gasteiger partial charge on any atom is -0.384 e. The molecule has 0 spiro atoms. The molecule has 2 N–H and O–H groups in total. The number of hydrogen-bond donors (Lipinski definition) is 2. The molecule has 124 valence electrons. The van der Waals surface area contributed by atoms with E-state index in [4.69, 9.17) is 4.52 Å². The van der Waals surface area contributed by atoms with Crippen LogP contribution in [0.15, 0.2) is 15.4 Å². The van der Waals surface area contributed by atoms with Crippen LogP contribution in [0.4, 0.5) is 0 Å². The third-order valence-corrected chi connectivity index (χ3v) is 4.43. The van der Waals surface area contributed by atoms with E-state index in [1.165, 1.54) is 32.0 Å². The van der Waals surface area contributed by atoms with Gasteiger partial charge < -0.3 is 14.7 Å². The SMILES string of the molecule is CC(C)N1CCC(CCNC(=O)CCc2cc(=O)[nH]o2)CC1. The highest BCUT2D eigenvalue weighted by molar-refractivity contribution is 5.75. The number of hydrogen-bond acceptors (Lipinski definition) is 4. The summed E-state index contributed by atoms with van der Waals surface area (Å²) < 4.78 is 4.92. The average Bonchev–Trinajstić information content (AvgIpc) is 2.91. The summed E-state index contributed by atoms with van der Waals surface area (Å²) in [4.78, 5) is 25.2. The van der Waals surface area contributed by atoms with E-state index in [0.29, 0.717) is 24.6 Å². The Kier molecular flexibility index (Phi) is 6.24. The Morgan fingerprint density at radius 2 is 2.18 bits per heavy atom. The van der Waals surface area contributed by atoms with E-state index in [0.717, 1.165) is 18.9 Å². The molecule has 2 rings (SSSR count). The molecule has 1 aliphatic heterocycles. The zero-order chi connectivity index (χ0) is 15.9. The van der Waals surface area contributed by atoms with Crippen molar-refractivity contribution in [1.29, 1.82) is 0 Å². The smallest absolute Gasteiger partial charge is 0.280 e. The fraction of sp³-hybridized carbons (Fsp3) is 0.750. The fourth-order valence-electron chi connectivity index (χ4n) is 2.94. The van der Waals surface area contributed by atoms with Crippen LogP contribution in [0.25, 0.3) is 0 Å². The van der Waals surface area contributed by atoms with Crippen molar-refractivity contribution in [3.05, 3.63) is 22.2 Å². The van der Waals surface area contributed by atoms with E-state index < -0.39 is 0 Å². The maximum absolute atomic E-state index is 11.8. The van der Waals surface area contributed by atoms with Gasteiger partial charge >= 0.3 is 0 Å². The minimum absolute atomic E-state index is 0.0171. The minimum atomic E-state index is -0.261. The van der Waals surface area contributed by atoms with Gasteiger partial charge in [0.1, 0.15) is 5.76 Å². The molecule has 0 saturated carbocycles. The number of nitrogens with zero attached hydrogens (tertiary/aromatic N) is 1. The molecule has 1 amide bonds. The molecule has 0 bridgehead atoms. The Hall–Kier alpha value is -1.56. The van der Waals surface area contributed by atoms with Gasteiger partial charge in [-0.2, -0.15) is 5.16 Å². The number of aryl methyl sites for hydroxylation is 1. The number of nitrogens with one attached hydrogen (secondary N) is 2. The predicted octanol–water partition coefficient (Wildman–Crippen LogP) is 1.53. The number of rotatable bonds is 7. The summed E-state index contributed by atoms with van der Waals surface area (Å²) >= 11 is 0. The standard InChI is InChI=1S/C16H27N3O3/c1-12(2)19-9-6-13(7-10-19)5-8-17-15(20)4-3-14-11-16(21)18-22-14/h11-13H,3-10H2,1-2H3,(H,17,20)(H,18,21). The molecule has 1 aliphatic rings. The zero-order valence-corrected chi connectivity index (χ0v) is 13.6. The first-order valence-electron chi connectivity index (χ1n) is 8.22. The Morgan fingerprint density at radius 3 is 2.77 bits per heavy atom. The number of likely N-dealkylation sites (tertiary alicyclic amines) is 1. The van der Waals surface area contributed by atoms with Gasteiger partial charge in [0.2, 0.25) is 5.91 Å². The summed E-state index contributed by atoms with van der Waals surface area (Å²) in [6.45, 7) is 7.56. The highest BCUT2D eigenvalue weighted by Crippen LogP contribution is 2.21. The van der Waals surface area contributed by atoms with E-state index in [-0.39, 0.29) is 11.5 Å². The molecule has 1 aromatic heterocycles. The summed E-state index contributed by atoms with van der Waals surface area (Å²) in [6.07, 6.45) is 4.31. The lowest BCUT2D eigenvalue weighted by Gasteiger charge is -2.34. The molecule has 0 radical (unpaired) electrons. The van der Waals surface area contributed by atoms with Gasteiger partial charge in [-0.3, -0.25) is 9.59 Å². The Balaban J connectivity index is 1.56. The van der Waals surface area contributed by atoms with Gasteiger partial charge in [-0.1, -0.05) is 0 Å². The molecule has 2 heterocycles. The summed E-state index contributed by atoms with van der Waals surface area (Å²) in [5.41, 5.74) is -0.261. The van der Waals surface area contributed by atoms with Gasteiger partial charge in [0.25, 0.3) is 5.56 Å². The molecule has 0 aliphatic carbocycles. The van der Waals surface area contributed by atoms with E-state index in [2.05, 4.69) is 29.2 Å². The van der Waals surface area contributed by atoms with Gasteiger partial charge in [-0.25, -0.2) is 0 Å². The highest BCUT2D eigenvalue weighted by atomic mass is 16.5. The lowest BCUT2D eigenvalue weighted by molar-refractivity contribution is -0.121. The number of carbonyl (C=O) groups excluding carboxylic acids is 1. The predicted molar refractivity (Wildman–Crippen MR) is 84.7 cm³/mol. The third-order valence-electron chi connectivity index (χ3n) is 4.43. The van der Waals surface area contributed by atoms with Gasteiger partial charge in [-0.15, -0.1) is 0 Å². The van der Waals surface area contributed by atoms with Crippen LogP contribution in [0.5, 0.6) is 0 Å². The second-order valence-electron chi connectivity index (χ2n) is 6.39. The molecule has 6 nitrogen and oxygen atoms in total. The second kappa shape index (κ2) is 8.17. The van der Waals surface area contributed by atoms with E-state index in [9.17, 15) is 9.59 Å². The Morgan fingerprint density at radius 1 is 1.45 bits per heavy atom. The first kappa shape index (κ1) is 16.8. The lowest BCUT2D eigenvalue weighted by atomic mass is 9.93. The van der Waals surface area contributed by atoms with Crippen molar-refractivity contribution < 1.29 is 9.32 Å². The van der Waals surface area contributed by atoms with Crippen molar-refractivity contribution in [1.82, 2.24) is 15.4 Å². The van der Waals surface area contributed by atoms with Crippen molar-refractivity contribution in [2.45, 2.75) is 52.0 Å². The van der Waals surface area contributed by atoms with Crippen molar-refractivity contribution in [3.8, 4) is 0 Å². The third kappa shape index (κ3) is 5.33. The van der Waals surface area contributed by atoms with Gasteiger partial charge in [0.05, 0.1) is 0 Å². The molecule has 0 unspecified atom stereocenters. The number of carbonyl (C=O) groups is 1. The van der Waals surface area contributed by atoms with Crippen LogP contribution in [0, 0.1) is 5.92 Å². The molecule has 1 fully saturated rings. The van der Waals surface area contributed by atoms with Crippen LogP contribution in [-0.4, -0.2) is 41.6 Å². The van der Waals surface area contributed by atoms with Crippen molar-refractivity contribution in [2.75, 3.05) is 19.6 Å². The fourth-order valence-corrected chi connectivity index (χ4v) is 2.94. The lowest BCUT2D eigenvalue weighted by Crippen LogP contribution is -2.39. The van der Waals surface area contributed by atoms with Gasteiger partial charge in [0, 0.05) is 31.5 Å². The molecular formula is C16H27N3O3. The van der Waals surface area contributed by atoms with Crippen LogP contribution in [0.1, 0.15) is 45.3 Å². The van der Waals surface area contributed by atoms with Crippen LogP contribution >= 0.6 is 0 Å². The molecule has 6 heteroatoms. The average molecular weight is 309 g/mol. The van der Waals surface area contributed by atoms with E-state index in [1.54, 1.807) is 0 Å². The number of aromatic amines is 1. The molecule has 1 aromatic rings. The summed E-state index contributed by atoms with van der Waals surface area (Å²) in [7, 11) is 0. The summed E-state index contributed by atoms with van der Waals surface area (Å²) in [5.74, 6) is 1.27. The van der Waals surface area contributed by atoms with Crippen molar-refractivity contribution >= 4 is 5.91 Å². The Bertz CT molecular complexity index is 513. The topological polar surface area (TPSA) is 78.3 Å². The Labute approximate surface area is 131 Å². The molecule has 1 saturated heterocycles. The summed E-state index contributed by atoms with van der Waals surface area (Å²) in [5, 5.41) is 5.18. The normalized spacial score (nSPS) is 17.0. The first-order chi connectivity index (χ1) is 10.5. The van der Waals surface area contributed by atoms with E-state index >= 15 is 0 Å². The zero-order valence-electron chi connectivity index (χ0n) is 13.6. The quantitative estimate of drug-likeness (QED) is 0.800. The monoisotopic (exact) mass is 309 g/mol. The molecule has 22 heavy (non-hydrogen) atoms. The van der Waals surface area contributed by atoms with Gasteiger partial charge in [-0.05, 0) is 52.1 Å². The number of aromatic nitrogens is 1. The second-order valence-corrected chi connectivity index (χ2v) is 6.39. The van der Waals surface area contributed by atoms with Crippen LogP contribution in [0.3, 0.4) is 0 Å². The highest BCUT2D eigenvalue weighted by Gasteiger charge is 2.20. The number of amides is 1. The number of H-pyrrole nitrogens is 1. The van der Waals surface area contributed by atoms with E-state index in [1.807, 2.05) is 0 Å². The summed E-state index contributed by atoms with van der Waals surface area (Å²) in [6, 6.07) is 2.02. The van der Waals surface area contributed by atoms with Crippen molar-refractivity contribution in [2.24, 2.45) is 5.92 Å². The molecular weight excluding hydrogens is 282 g/mol. The van der Waals surface area contributed by atoms with Crippen LogP contribution < -0.4 is 10.9 Å². The van der Waals surface area contributed by atoms with Crippen LogP contribution in [-0.2, 0) is 11.2 Å². The van der Waals surface area contributed by atoms with Gasteiger partial charge in [0.15, 0.2) is 0 Å². The molecule has 0 atom stereocenters. The maximum atomic E-state index is 11.8. The number of piperidine rings is 1.